The van der Waals surface area contributed by atoms with E-state index in [4.69, 9.17) is 14.5 Å². The molecule has 0 unspecified atom stereocenters. The van der Waals surface area contributed by atoms with Crippen LogP contribution >= 0.6 is 11.8 Å². The Kier molecular flexibility index (Phi) is 4.55. The number of carbonyl (C=O) groups is 1. The molecule has 29 heavy (non-hydrogen) atoms. The molecule has 0 N–H and O–H groups in total. The third-order valence-corrected chi connectivity index (χ3v) is 5.67. The fraction of sp³-hybridized carbons (Fsp3) is 0.238. The lowest BCUT2D eigenvalue weighted by Crippen LogP contribution is -2.04. The quantitative estimate of drug-likeness (QED) is 0.352. The van der Waals surface area contributed by atoms with Gasteiger partial charge >= 0.3 is 0 Å². The highest BCUT2D eigenvalue weighted by Crippen LogP contribution is 2.33. The topological polar surface area (TPSA) is 79.1 Å². The van der Waals surface area contributed by atoms with Crippen LogP contribution in [-0.2, 0) is 6.54 Å². The number of ketones is 1. The van der Waals surface area contributed by atoms with Crippen LogP contribution in [-0.4, -0.2) is 38.1 Å². The highest BCUT2D eigenvalue weighted by Gasteiger charge is 2.18. The van der Waals surface area contributed by atoms with Gasteiger partial charge in [-0.25, -0.2) is 4.98 Å². The second-order valence-corrected chi connectivity index (χ2v) is 7.66. The zero-order chi connectivity index (χ0) is 19.8. The number of para-hydroxylation sites is 1. The van der Waals surface area contributed by atoms with Crippen LogP contribution in [0.2, 0.25) is 0 Å². The highest BCUT2D eigenvalue weighted by molar-refractivity contribution is 7.99. The maximum atomic E-state index is 12.6. The molecule has 1 aliphatic heterocycles. The van der Waals surface area contributed by atoms with Gasteiger partial charge in [0.25, 0.3) is 0 Å². The van der Waals surface area contributed by atoms with Gasteiger partial charge in [0, 0.05) is 17.5 Å². The second-order valence-electron chi connectivity index (χ2n) is 6.72. The van der Waals surface area contributed by atoms with Crippen molar-refractivity contribution in [2.24, 2.45) is 0 Å². The number of hydrogen-bond donors (Lipinski definition) is 0. The van der Waals surface area contributed by atoms with Crippen LogP contribution in [0.4, 0.5) is 0 Å². The van der Waals surface area contributed by atoms with Crippen molar-refractivity contribution in [3.05, 3.63) is 48.0 Å². The number of nitrogens with zero attached hydrogens (tertiary/aromatic N) is 4. The van der Waals surface area contributed by atoms with Crippen LogP contribution in [0.3, 0.4) is 0 Å². The summed E-state index contributed by atoms with van der Waals surface area (Å²) in [5.41, 5.74) is 3.28. The molecular formula is C21H18N4O3S. The Bertz CT molecular complexity index is 1240. The number of thioether (sulfide) groups is 1. The minimum absolute atomic E-state index is 0.0221. The molecule has 4 aromatic rings. The van der Waals surface area contributed by atoms with Crippen LogP contribution in [0.25, 0.3) is 22.1 Å². The van der Waals surface area contributed by atoms with E-state index in [0.717, 1.165) is 35.0 Å². The van der Waals surface area contributed by atoms with E-state index >= 15 is 0 Å². The van der Waals surface area contributed by atoms with Crippen molar-refractivity contribution < 1.29 is 14.3 Å². The summed E-state index contributed by atoms with van der Waals surface area (Å²) in [5.74, 6) is 1.47. The first-order valence-corrected chi connectivity index (χ1v) is 10.4. The summed E-state index contributed by atoms with van der Waals surface area (Å²) >= 11 is 1.29. The van der Waals surface area contributed by atoms with Crippen LogP contribution in [0, 0.1) is 0 Å². The maximum Gasteiger partial charge on any atom is 0.231 e. The molecule has 0 bridgehead atoms. The predicted molar refractivity (Wildman–Crippen MR) is 111 cm³/mol. The third kappa shape index (κ3) is 3.19. The van der Waals surface area contributed by atoms with Gasteiger partial charge in [-0.3, -0.25) is 4.79 Å². The fourth-order valence-electron chi connectivity index (χ4n) is 3.48. The van der Waals surface area contributed by atoms with Gasteiger partial charge in [0.2, 0.25) is 11.9 Å². The van der Waals surface area contributed by atoms with Crippen LogP contribution in [0.1, 0.15) is 23.7 Å². The van der Waals surface area contributed by atoms with E-state index < -0.39 is 0 Å². The molecule has 146 valence electrons. The van der Waals surface area contributed by atoms with Gasteiger partial charge in [-0.15, -0.1) is 10.2 Å². The first-order valence-electron chi connectivity index (χ1n) is 9.42. The van der Waals surface area contributed by atoms with Crippen molar-refractivity contribution >= 4 is 39.6 Å². The van der Waals surface area contributed by atoms with Gasteiger partial charge in [-0.05, 0) is 30.7 Å². The SMILES string of the molecule is CCCn1c2ccccc2c2nnc(SCC(=O)c3ccc4c(c3)OCO4)nc21. The van der Waals surface area contributed by atoms with Crippen LogP contribution in [0.15, 0.2) is 47.6 Å². The van der Waals surface area contributed by atoms with Gasteiger partial charge in [0.1, 0.15) is 5.52 Å². The van der Waals surface area contributed by atoms with E-state index in [9.17, 15) is 4.79 Å². The molecule has 2 aromatic carbocycles. The molecule has 8 heteroatoms. The summed E-state index contributed by atoms with van der Waals surface area (Å²) in [7, 11) is 0. The van der Waals surface area contributed by atoms with Crippen molar-refractivity contribution in [3.63, 3.8) is 0 Å². The zero-order valence-corrected chi connectivity index (χ0v) is 16.6. The minimum Gasteiger partial charge on any atom is -0.454 e. The predicted octanol–water partition coefficient (Wildman–Crippen LogP) is 4.09. The number of hydrogen-bond acceptors (Lipinski definition) is 7. The average Bonchev–Trinajstić information content (AvgIpc) is 3.35. The Hall–Kier alpha value is -3.13. The molecule has 0 fully saturated rings. The molecule has 0 amide bonds. The monoisotopic (exact) mass is 406 g/mol. The minimum atomic E-state index is -0.0221. The molecule has 0 saturated carbocycles. The van der Waals surface area contributed by atoms with E-state index in [-0.39, 0.29) is 18.3 Å². The van der Waals surface area contributed by atoms with E-state index in [0.29, 0.717) is 22.2 Å². The lowest BCUT2D eigenvalue weighted by molar-refractivity contribution is 0.102. The zero-order valence-electron chi connectivity index (χ0n) is 15.8. The normalized spacial score (nSPS) is 12.7. The number of ether oxygens (including phenoxy) is 2. The summed E-state index contributed by atoms with van der Waals surface area (Å²) in [6.07, 6.45) is 0.989. The number of benzene rings is 2. The lowest BCUT2D eigenvalue weighted by atomic mass is 10.1. The standard InChI is InChI=1S/C21H18N4O3S/c1-2-9-25-15-6-4-3-5-14(15)19-20(25)22-21(24-23-19)29-11-16(26)13-7-8-17-18(10-13)28-12-27-17/h3-8,10H,2,9,11-12H2,1H3. The molecule has 5 rings (SSSR count). The fourth-order valence-corrected chi connectivity index (χ4v) is 4.16. The smallest absolute Gasteiger partial charge is 0.231 e. The molecule has 3 heterocycles. The lowest BCUT2D eigenvalue weighted by Gasteiger charge is -2.05. The largest absolute Gasteiger partial charge is 0.454 e. The Morgan fingerprint density at radius 3 is 2.90 bits per heavy atom. The number of fused-ring (bicyclic) bond motifs is 4. The Morgan fingerprint density at radius 1 is 1.14 bits per heavy atom. The molecule has 0 aliphatic carbocycles. The number of aryl methyl sites for hydroxylation is 1. The van der Waals surface area contributed by atoms with E-state index in [1.807, 2.05) is 18.2 Å². The average molecular weight is 406 g/mol. The molecule has 0 atom stereocenters. The Morgan fingerprint density at radius 2 is 2.00 bits per heavy atom. The first kappa shape index (κ1) is 17.9. The number of aromatic nitrogens is 4. The molecular weight excluding hydrogens is 388 g/mol. The molecule has 0 spiro atoms. The highest BCUT2D eigenvalue weighted by atomic mass is 32.2. The van der Waals surface area contributed by atoms with Crippen molar-refractivity contribution in [2.75, 3.05) is 12.5 Å². The van der Waals surface area contributed by atoms with Gasteiger partial charge in [-0.2, -0.15) is 0 Å². The van der Waals surface area contributed by atoms with E-state index in [2.05, 4.69) is 27.8 Å². The number of rotatable bonds is 6. The number of carbonyl (C=O) groups excluding carboxylic acids is 1. The number of Topliss-reactive ketones (excluding diaryl/α,β-unsaturated/α-hetero) is 1. The molecule has 0 saturated heterocycles. The van der Waals surface area contributed by atoms with Gasteiger partial charge < -0.3 is 14.0 Å². The summed E-state index contributed by atoms with van der Waals surface area (Å²) in [5, 5.41) is 10.2. The Balaban J connectivity index is 1.41. The Labute approximate surface area is 171 Å². The van der Waals surface area contributed by atoms with Gasteiger partial charge in [-0.1, -0.05) is 36.9 Å². The van der Waals surface area contributed by atoms with E-state index in [1.165, 1.54) is 11.8 Å². The van der Waals surface area contributed by atoms with E-state index in [1.54, 1.807) is 18.2 Å². The van der Waals surface area contributed by atoms with Crippen LogP contribution in [0.5, 0.6) is 11.5 Å². The van der Waals surface area contributed by atoms with Crippen LogP contribution < -0.4 is 9.47 Å². The first-order chi connectivity index (χ1) is 14.2. The van der Waals surface area contributed by atoms with Crippen molar-refractivity contribution in [2.45, 2.75) is 25.0 Å². The van der Waals surface area contributed by atoms with Crippen molar-refractivity contribution in [1.82, 2.24) is 19.7 Å². The molecule has 0 radical (unpaired) electrons. The summed E-state index contributed by atoms with van der Waals surface area (Å²) < 4.78 is 12.8. The maximum absolute atomic E-state index is 12.6. The second kappa shape index (κ2) is 7.36. The van der Waals surface area contributed by atoms with Gasteiger partial charge in [0.15, 0.2) is 22.9 Å². The third-order valence-electron chi connectivity index (χ3n) is 4.83. The summed E-state index contributed by atoms with van der Waals surface area (Å²) in [6, 6.07) is 13.3. The molecule has 1 aliphatic rings. The van der Waals surface area contributed by atoms with Crippen molar-refractivity contribution in [3.8, 4) is 11.5 Å². The summed E-state index contributed by atoms with van der Waals surface area (Å²) in [4.78, 5) is 17.3. The van der Waals surface area contributed by atoms with Gasteiger partial charge in [0.05, 0.1) is 11.3 Å². The molecule has 7 nitrogen and oxygen atoms in total. The summed E-state index contributed by atoms with van der Waals surface area (Å²) in [6.45, 7) is 3.17. The molecule has 2 aromatic heterocycles. The van der Waals surface area contributed by atoms with Crippen molar-refractivity contribution in [1.29, 1.82) is 0 Å².